The first-order valence-corrected chi connectivity index (χ1v) is 10.9. The zero-order chi connectivity index (χ0) is 24.1. The number of amides is 3. The van der Waals surface area contributed by atoms with E-state index in [1.807, 2.05) is 30.3 Å². The first-order chi connectivity index (χ1) is 16.4. The van der Waals surface area contributed by atoms with E-state index in [0.29, 0.717) is 12.4 Å². The van der Waals surface area contributed by atoms with Gasteiger partial charge in [0.15, 0.2) is 0 Å². The fourth-order valence-electron chi connectivity index (χ4n) is 3.81. The predicted molar refractivity (Wildman–Crippen MR) is 125 cm³/mol. The summed E-state index contributed by atoms with van der Waals surface area (Å²) >= 11 is 0. The number of hydrogen-bond donors (Lipinski definition) is 1. The normalized spacial score (nSPS) is 13.4. The molecule has 1 heterocycles. The first kappa shape index (κ1) is 22.9. The molecule has 0 aromatic heterocycles. The van der Waals surface area contributed by atoms with Gasteiger partial charge >= 0.3 is 0 Å². The molecule has 3 amide bonds. The number of nitrogens with one attached hydrogen (secondary N) is 1. The topological polar surface area (TPSA) is 92.8 Å². The van der Waals surface area contributed by atoms with E-state index in [1.165, 1.54) is 6.92 Å². The van der Waals surface area contributed by atoms with Crippen molar-refractivity contribution in [1.29, 1.82) is 0 Å². The quantitative estimate of drug-likeness (QED) is 0.499. The van der Waals surface area contributed by atoms with Gasteiger partial charge in [0.1, 0.15) is 24.2 Å². The molecule has 1 N–H and O–H groups in total. The Bertz CT molecular complexity index is 1190. The second kappa shape index (κ2) is 10.1. The third kappa shape index (κ3) is 5.04. The van der Waals surface area contributed by atoms with Gasteiger partial charge in [-0.1, -0.05) is 54.6 Å². The molecule has 0 fully saturated rings. The van der Waals surface area contributed by atoms with Crippen LogP contribution in [0.1, 0.15) is 38.8 Å². The third-order valence-corrected chi connectivity index (χ3v) is 5.55. The van der Waals surface area contributed by atoms with E-state index in [4.69, 9.17) is 4.74 Å². The number of benzene rings is 3. The summed E-state index contributed by atoms with van der Waals surface area (Å²) in [6.07, 6.45) is 0.105. The molecule has 0 spiro atoms. The molecule has 0 saturated heterocycles. The lowest BCUT2D eigenvalue weighted by molar-refractivity contribution is -0.127. The van der Waals surface area contributed by atoms with Crippen molar-refractivity contribution in [3.63, 3.8) is 0 Å². The molecule has 0 aliphatic carbocycles. The summed E-state index contributed by atoms with van der Waals surface area (Å²) in [5.41, 5.74) is 2.31. The second-order valence-corrected chi connectivity index (χ2v) is 8.08. The molecule has 0 radical (unpaired) electrons. The van der Waals surface area contributed by atoms with Crippen LogP contribution in [0.25, 0.3) is 0 Å². The van der Waals surface area contributed by atoms with Crippen molar-refractivity contribution in [3.05, 3.63) is 101 Å². The number of nitrogens with zero attached hydrogens (tertiary/aromatic N) is 1. The van der Waals surface area contributed by atoms with Gasteiger partial charge in [0.25, 0.3) is 11.8 Å². The number of carbonyl (C=O) groups is 4. The van der Waals surface area contributed by atoms with Crippen molar-refractivity contribution in [2.75, 3.05) is 6.54 Å². The smallest absolute Gasteiger partial charge is 0.262 e. The largest absolute Gasteiger partial charge is 0.489 e. The van der Waals surface area contributed by atoms with E-state index in [-0.39, 0.29) is 29.9 Å². The number of imide groups is 1. The van der Waals surface area contributed by atoms with Crippen LogP contribution in [0.3, 0.4) is 0 Å². The van der Waals surface area contributed by atoms with E-state index in [9.17, 15) is 19.2 Å². The number of fused-ring (bicyclic) bond motifs is 1. The molecular weight excluding hydrogens is 432 g/mol. The number of carbonyl (C=O) groups excluding carboxylic acids is 4. The fraction of sp³-hybridized carbons (Fsp3) is 0.185. The van der Waals surface area contributed by atoms with Gasteiger partial charge in [-0.3, -0.25) is 24.1 Å². The molecular formula is C27H24N2O5. The summed E-state index contributed by atoms with van der Waals surface area (Å²) in [7, 11) is 0. The predicted octanol–water partition coefficient (Wildman–Crippen LogP) is 3.18. The van der Waals surface area contributed by atoms with Crippen LogP contribution in [-0.4, -0.2) is 41.0 Å². The molecule has 0 bridgehead atoms. The van der Waals surface area contributed by atoms with Crippen molar-refractivity contribution >= 4 is 23.5 Å². The second-order valence-electron chi connectivity index (χ2n) is 8.08. The fourth-order valence-corrected chi connectivity index (χ4v) is 3.81. The van der Waals surface area contributed by atoms with E-state index in [0.717, 1.165) is 16.0 Å². The van der Waals surface area contributed by atoms with Gasteiger partial charge in [0, 0.05) is 6.42 Å². The van der Waals surface area contributed by atoms with Crippen molar-refractivity contribution in [1.82, 2.24) is 10.2 Å². The Morgan fingerprint density at radius 2 is 1.41 bits per heavy atom. The number of rotatable bonds is 9. The number of hydrogen-bond acceptors (Lipinski definition) is 5. The van der Waals surface area contributed by atoms with Crippen molar-refractivity contribution in [2.45, 2.75) is 26.0 Å². The Labute approximate surface area is 197 Å². The van der Waals surface area contributed by atoms with Gasteiger partial charge < -0.3 is 10.1 Å². The minimum absolute atomic E-state index is 0.105. The lowest BCUT2D eigenvalue weighted by Crippen LogP contribution is -2.51. The van der Waals surface area contributed by atoms with E-state index in [2.05, 4.69) is 5.32 Å². The van der Waals surface area contributed by atoms with Gasteiger partial charge in [-0.05, 0) is 42.3 Å². The maximum atomic E-state index is 13.0. The number of Topliss-reactive ketones (excluding diaryl/α,β-unsaturated/α-hetero) is 1. The number of ether oxygens (including phenoxy) is 1. The summed E-state index contributed by atoms with van der Waals surface area (Å²) in [4.78, 5) is 51.3. The van der Waals surface area contributed by atoms with Gasteiger partial charge in [0.2, 0.25) is 5.91 Å². The van der Waals surface area contributed by atoms with Gasteiger partial charge in [-0.15, -0.1) is 0 Å². The Balaban J connectivity index is 1.52. The highest BCUT2D eigenvalue weighted by Gasteiger charge is 2.42. The van der Waals surface area contributed by atoms with Crippen LogP contribution in [0, 0.1) is 0 Å². The van der Waals surface area contributed by atoms with Crippen molar-refractivity contribution in [3.8, 4) is 5.75 Å². The summed E-state index contributed by atoms with van der Waals surface area (Å²) in [6.45, 7) is 1.60. The van der Waals surface area contributed by atoms with Crippen LogP contribution in [0.4, 0.5) is 0 Å². The maximum absolute atomic E-state index is 13.0. The molecule has 4 rings (SSSR count). The summed E-state index contributed by atoms with van der Waals surface area (Å²) in [6, 6.07) is 22.3. The Morgan fingerprint density at radius 1 is 0.824 bits per heavy atom. The monoisotopic (exact) mass is 456 g/mol. The molecule has 1 unspecified atom stereocenters. The highest BCUT2D eigenvalue weighted by Crippen LogP contribution is 2.26. The number of ketones is 1. The Hall–Kier alpha value is -4.26. The standard InChI is InChI=1S/C27H24N2O5/c1-18(30)16-28-25(31)24(29-26(32)22-9-5-6-10-23(22)27(29)33)15-19-11-13-21(14-12-19)34-17-20-7-3-2-4-8-20/h2-14,24H,15-17H2,1H3,(H,28,31). The minimum atomic E-state index is -1.09. The Morgan fingerprint density at radius 3 is 2.00 bits per heavy atom. The zero-order valence-electron chi connectivity index (χ0n) is 18.7. The average molecular weight is 456 g/mol. The molecule has 7 heteroatoms. The van der Waals surface area contributed by atoms with Gasteiger partial charge in [-0.2, -0.15) is 0 Å². The molecule has 3 aromatic rings. The van der Waals surface area contributed by atoms with Crippen molar-refractivity contribution < 1.29 is 23.9 Å². The molecule has 172 valence electrons. The van der Waals surface area contributed by atoms with Crippen LogP contribution in [0.15, 0.2) is 78.9 Å². The van der Waals surface area contributed by atoms with Crippen LogP contribution >= 0.6 is 0 Å². The van der Waals surface area contributed by atoms with Crippen LogP contribution < -0.4 is 10.1 Å². The van der Waals surface area contributed by atoms with E-state index >= 15 is 0 Å². The highest BCUT2D eigenvalue weighted by atomic mass is 16.5. The van der Waals surface area contributed by atoms with Crippen LogP contribution in [0.2, 0.25) is 0 Å². The summed E-state index contributed by atoms with van der Waals surface area (Å²) in [5.74, 6) is -1.17. The Kier molecular flexibility index (Phi) is 6.82. The molecule has 1 aliphatic rings. The molecule has 7 nitrogen and oxygen atoms in total. The lowest BCUT2D eigenvalue weighted by Gasteiger charge is -2.25. The SMILES string of the molecule is CC(=O)CNC(=O)C(Cc1ccc(OCc2ccccc2)cc1)N1C(=O)c2ccccc2C1=O. The third-order valence-electron chi connectivity index (χ3n) is 5.55. The van der Waals surface area contributed by atoms with E-state index in [1.54, 1.807) is 48.5 Å². The average Bonchev–Trinajstić information content (AvgIpc) is 3.11. The molecule has 0 saturated carbocycles. The molecule has 1 aliphatic heterocycles. The zero-order valence-corrected chi connectivity index (χ0v) is 18.7. The van der Waals surface area contributed by atoms with Crippen molar-refractivity contribution in [2.24, 2.45) is 0 Å². The summed E-state index contributed by atoms with van der Waals surface area (Å²) in [5, 5.41) is 2.54. The summed E-state index contributed by atoms with van der Waals surface area (Å²) < 4.78 is 5.81. The molecule has 34 heavy (non-hydrogen) atoms. The van der Waals surface area contributed by atoms with Gasteiger partial charge in [0.05, 0.1) is 17.7 Å². The highest BCUT2D eigenvalue weighted by molar-refractivity contribution is 6.22. The van der Waals surface area contributed by atoms with Crippen LogP contribution in [0.5, 0.6) is 5.75 Å². The maximum Gasteiger partial charge on any atom is 0.262 e. The minimum Gasteiger partial charge on any atom is -0.489 e. The lowest BCUT2D eigenvalue weighted by atomic mass is 10.0. The van der Waals surface area contributed by atoms with Gasteiger partial charge in [-0.25, -0.2) is 0 Å². The van der Waals surface area contributed by atoms with Crippen LogP contribution in [-0.2, 0) is 22.6 Å². The first-order valence-electron chi connectivity index (χ1n) is 10.9. The molecule has 1 atom stereocenters. The van der Waals surface area contributed by atoms with E-state index < -0.39 is 23.8 Å². The molecule has 3 aromatic carbocycles.